The number of pyridine rings is 1. The van der Waals surface area contributed by atoms with Gasteiger partial charge in [-0.05, 0) is 11.5 Å². The van der Waals surface area contributed by atoms with Crippen molar-refractivity contribution in [3.8, 4) is 5.88 Å². The van der Waals surface area contributed by atoms with Crippen molar-refractivity contribution in [2.45, 2.75) is 20.8 Å². The molecule has 13 heavy (non-hydrogen) atoms. The molecule has 0 radical (unpaired) electrons. The number of rotatable bonds is 2. The Hall–Kier alpha value is -1.25. The molecule has 0 amide bonds. The number of aromatic nitrogens is 1. The molecule has 72 valence electrons. The molecular formula is C10H16N2O. The number of nitrogens with zero attached hydrogens (tertiary/aromatic N) is 1. The van der Waals surface area contributed by atoms with Crippen molar-refractivity contribution in [1.82, 2.24) is 4.98 Å². The van der Waals surface area contributed by atoms with Gasteiger partial charge >= 0.3 is 0 Å². The van der Waals surface area contributed by atoms with Crippen molar-refractivity contribution in [2.24, 2.45) is 5.41 Å². The highest BCUT2D eigenvalue weighted by atomic mass is 16.5. The number of nitrogen functional groups attached to an aromatic ring is 1. The molecule has 0 spiro atoms. The molecular weight excluding hydrogens is 164 g/mol. The lowest BCUT2D eigenvalue weighted by Crippen LogP contribution is -2.17. The van der Waals surface area contributed by atoms with Gasteiger partial charge in [-0.1, -0.05) is 26.8 Å². The highest BCUT2D eigenvalue weighted by molar-refractivity contribution is 5.31. The molecule has 0 aromatic carbocycles. The molecule has 1 heterocycles. The first-order chi connectivity index (χ1) is 5.97. The first kappa shape index (κ1) is 9.84. The van der Waals surface area contributed by atoms with Crippen LogP contribution in [0.15, 0.2) is 18.2 Å². The molecule has 0 aliphatic rings. The predicted octanol–water partition coefficient (Wildman–Crippen LogP) is 2.09. The standard InChI is InChI=1S/C10H16N2O/c1-10(2,3)7-13-9-6-4-5-8(11)12-9/h4-6H,7H2,1-3H3,(H2,11,12). The van der Waals surface area contributed by atoms with Crippen LogP contribution in [0.3, 0.4) is 0 Å². The van der Waals surface area contributed by atoms with Crippen LogP contribution in [-0.2, 0) is 0 Å². The molecule has 1 rings (SSSR count). The van der Waals surface area contributed by atoms with Crippen LogP contribution >= 0.6 is 0 Å². The second kappa shape index (κ2) is 3.64. The van der Waals surface area contributed by atoms with Crippen molar-refractivity contribution in [3.63, 3.8) is 0 Å². The van der Waals surface area contributed by atoms with Crippen LogP contribution in [0, 0.1) is 5.41 Å². The van der Waals surface area contributed by atoms with Gasteiger partial charge in [0.1, 0.15) is 5.82 Å². The summed E-state index contributed by atoms with van der Waals surface area (Å²) in [6.45, 7) is 6.97. The van der Waals surface area contributed by atoms with E-state index in [1.165, 1.54) is 0 Å². The lowest BCUT2D eigenvalue weighted by atomic mass is 9.99. The first-order valence-electron chi connectivity index (χ1n) is 4.33. The SMILES string of the molecule is CC(C)(C)COc1cccc(N)n1. The second-order valence-corrected chi connectivity index (χ2v) is 4.25. The number of anilines is 1. The Morgan fingerprint density at radius 1 is 1.38 bits per heavy atom. The van der Waals surface area contributed by atoms with Gasteiger partial charge in [-0.2, -0.15) is 4.98 Å². The zero-order valence-corrected chi connectivity index (χ0v) is 8.37. The highest BCUT2D eigenvalue weighted by Crippen LogP contribution is 2.16. The molecule has 3 heteroatoms. The topological polar surface area (TPSA) is 48.1 Å². The Kier molecular flexibility index (Phi) is 2.76. The lowest BCUT2D eigenvalue weighted by molar-refractivity contribution is 0.191. The van der Waals surface area contributed by atoms with Gasteiger partial charge in [0, 0.05) is 6.07 Å². The van der Waals surface area contributed by atoms with Gasteiger partial charge in [0.2, 0.25) is 5.88 Å². The molecule has 1 aromatic heterocycles. The van der Waals surface area contributed by atoms with Gasteiger partial charge in [0.25, 0.3) is 0 Å². The molecule has 0 aliphatic carbocycles. The third-order valence-corrected chi connectivity index (χ3v) is 1.40. The zero-order chi connectivity index (χ0) is 9.90. The summed E-state index contributed by atoms with van der Waals surface area (Å²) in [5.41, 5.74) is 5.65. The summed E-state index contributed by atoms with van der Waals surface area (Å²) in [6.07, 6.45) is 0. The van der Waals surface area contributed by atoms with E-state index in [0.29, 0.717) is 18.3 Å². The van der Waals surface area contributed by atoms with Crippen molar-refractivity contribution < 1.29 is 4.74 Å². The first-order valence-corrected chi connectivity index (χ1v) is 4.33. The van der Waals surface area contributed by atoms with Crippen LogP contribution in [-0.4, -0.2) is 11.6 Å². The van der Waals surface area contributed by atoms with Crippen molar-refractivity contribution in [1.29, 1.82) is 0 Å². The highest BCUT2D eigenvalue weighted by Gasteiger charge is 2.11. The molecule has 0 unspecified atom stereocenters. The molecule has 1 aromatic rings. The lowest BCUT2D eigenvalue weighted by Gasteiger charge is -2.18. The van der Waals surface area contributed by atoms with Crippen LogP contribution in [0.1, 0.15) is 20.8 Å². The third-order valence-electron chi connectivity index (χ3n) is 1.40. The summed E-state index contributed by atoms with van der Waals surface area (Å²) in [6, 6.07) is 5.38. The van der Waals surface area contributed by atoms with Gasteiger partial charge in [0.15, 0.2) is 0 Å². The summed E-state index contributed by atoms with van der Waals surface area (Å²) < 4.78 is 5.46. The predicted molar refractivity (Wildman–Crippen MR) is 53.6 cm³/mol. The average Bonchev–Trinajstić information content (AvgIpc) is 2.00. The van der Waals surface area contributed by atoms with E-state index in [9.17, 15) is 0 Å². The molecule has 0 saturated heterocycles. The van der Waals surface area contributed by atoms with Crippen molar-refractivity contribution in [3.05, 3.63) is 18.2 Å². The summed E-state index contributed by atoms with van der Waals surface area (Å²) >= 11 is 0. The maximum Gasteiger partial charge on any atom is 0.215 e. The maximum atomic E-state index is 5.51. The summed E-state index contributed by atoms with van der Waals surface area (Å²) in [4.78, 5) is 4.03. The average molecular weight is 180 g/mol. The van der Waals surface area contributed by atoms with Crippen LogP contribution in [0.25, 0.3) is 0 Å². The van der Waals surface area contributed by atoms with Crippen LogP contribution in [0.4, 0.5) is 5.82 Å². The third kappa shape index (κ3) is 3.78. The molecule has 0 atom stereocenters. The van der Waals surface area contributed by atoms with E-state index in [-0.39, 0.29) is 5.41 Å². The minimum absolute atomic E-state index is 0.145. The van der Waals surface area contributed by atoms with E-state index in [0.717, 1.165) is 0 Å². The van der Waals surface area contributed by atoms with E-state index < -0.39 is 0 Å². The number of ether oxygens (including phenoxy) is 1. The minimum atomic E-state index is 0.145. The number of nitrogens with two attached hydrogens (primary N) is 1. The second-order valence-electron chi connectivity index (χ2n) is 4.25. The smallest absolute Gasteiger partial charge is 0.215 e. The van der Waals surface area contributed by atoms with E-state index in [1.807, 2.05) is 12.1 Å². The van der Waals surface area contributed by atoms with Gasteiger partial charge in [-0.3, -0.25) is 0 Å². The quantitative estimate of drug-likeness (QED) is 0.758. The minimum Gasteiger partial charge on any atom is -0.477 e. The van der Waals surface area contributed by atoms with E-state index in [4.69, 9.17) is 10.5 Å². The van der Waals surface area contributed by atoms with Gasteiger partial charge in [0.05, 0.1) is 6.61 Å². The fourth-order valence-corrected chi connectivity index (χ4v) is 0.802. The molecule has 2 N–H and O–H groups in total. The fraction of sp³-hybridized carbons (Fsp3) is 0.500. The Bertz CT molecular complexity index is 278. The van der Waals surface area contributed by atoms with E-state index >= 15 is 0 Å². The Labute approximate surface area is 78.9 Å². The normalized spacial score (nSPS) is 11.3. The maximum absolute atomic E-state index is 5.51. The number of hydrogen-bond acceptors (Lipinski definition) is 3. The van der Waals surface area contributed by atoms with Crippen molar-refractivity contribution in [2.75, 3.05) is 12.3 Å². The van der Waals surface area contributed by atoms with Crippen molar-refractivity contribution >= 4 is 5.82 Å². The van der Waals surface area contributed by atoms with Crippen LogP contribution < -0.4 is 10.5 Å². The zero-order valence-electron chi connectivity index (χ0n) is 8.37. The number of hydrogen-bond donors (Lipinski definition) is 1. The van der Waals surface area contributed by atoms with Gasteiger partial charge in [-0.15, -0.1) is 0 Å². The van der Waals surface area contributed by atoms with Gasteiger partial charge < -0.3 is 10.5 Å². The van der Waals surface area contributed by atoms with E-state index in [1.54, 1.807) is 6.07 Å². The van der Waals surface area contributed by atoms with E-state index in [2.05, 4.69) is 25.8 Å². The summed E-state index contributed by atoms with van der Waals surface area (Å²) in [5, 5.41) is 0. The summed E-state index contributed by atoms with van der Waals surface area (Å²) in [5.74, 6) is 1.08. The molecule has 0 bridgehead atoms. The molecule has 0 aliphatic heterocycles. The van der Waals surface area contributed by atoms with Crippen LogP contribution in [0.5, 0.6) is 5.88 Å². The fourth-order valence-electron chi connectivity index (χ4n) is 0.802. The molecule has 0 fully saturated rings. The van der Waals surface area contributed by atoms with Gasteiger partial charge in [-0.25, -0.2) is 0 Å². The molecule has 3 nitrogen and oxygen atoms in total. The Morgan fingerprint density at radius 3 is 2.62 bits per heavy atom. The monoisotopic (exact) mass is 180 g/mol. The molecule has 0 saturated carbocycles. The Morgan fingerprint density at radius 2 is 2.08 bits per heavy atom. The Balaban J connectivity index is 2.55. The summed E-state index contributed by atoms with van der Waals surface area (Å²) in [7, 11) is 0. The van der Waals surface area contributed by atoms with Crippen LogP contribution in [0.2, 0.25) is 0 Å². The largest absolute Gasteiger partial charge is 0.477 e.